The highest BCUT2D eigenvalue weighted by Gasteiger charge is 2.28. The topological polar surface area (TPSA) is 50.9 Å². The first-order valence-corrected chi connectivity index (χ1v) is 8.13. The summed E-state index contributed by atoms with van der Waals surface area (Å²) in [4.78, 5) is 4.58. The van der Waals surface area contributed by atoms with Gasteiger partial charge in [0.1, 0.15) is 0 Å². The average molecular weight is 283 g/mol. The van der Waals surface area contributed by atoms with Gasteiger partial charge in [-0.2, -0.15) is 0 Å². The van der Waals surface area contributed by atoms with E-state index in [1.165, 1.54) is 43.1 Å². The highest BCUT2D eigenvalue weighted by molar-refractivity contribution is 5.82. The summed E-state index contributed by atoms with van der Waals surface area (Å²) in [5.41, 5.74) is 5.40. The van der Waals surface area contributed by atoms with Gasteiger partial charge in [-0.05, 0) is 36.3 Å². The van der Waals surface area contributed by atoms with Crippen molar-refractivity contribution in [3.8, 4) is 0 Å². The Kier molecular flexibility index (Phi) is 4.51. The van der Waals surface area contributed by atoms with Crippen molar-refractivity contribution in [1.29, 1.82) is 0 Å². The van der Waals surface area contributed by atoms with Crippen LogP contribution in [0, 0.1) is 11.8 Å². The molecule has 3 heteroatoms. The Morgan fingerprint density at radius 1 is 1.19 bits per heavy atom. The van der Waals surface area contributed by atoms with Gasteiger partial charge in [-0.3, -0.25) is 16.3 Å². The number of benzene rings is 1. The van der Waals surface area contributed by atoms with Gasteiger partial charge in [0.15, 0.2) is 0 Å². The van der Waals surface area contributed by atoms with Crippen LogP contribution >= 0.6 is 0 Å². The van der Waals surface area contributed by atoms with Crippen LogP contribution < -0.4 is 11.3 Å². The highest BCUT2D eigenvalue weighted by Crippen LogP contribution is 2.38. The van der Waals surface area contributed by atoms with Gasteiger partial charge < -0.3 is 0 Å². The lowest BCUT2D eigenvalue weighted by molar-refractivity contribution is 0.220. The number of rotatable bonds is 4. The molecule has 0 bridgehead atoms. The molecule has 1 atom stereocenters. The monoisotopic (exact) mass is 283 g/mol. The number of hydrogen-bond acceptors (Lipinski definition) is 3. The Hall–Kier alpha value is -1.45. The first-order valence-electron chi connectivity index (χ1n) is 8.13. The molecular formula is C18H25N3. The predicted molar refractivity (Wildman–Crippen MR) is 87.5 cm³/mol. The van der Waals surface area contributed by atoms with Gasteiger partial charge in [-0.15, -0.1) is 0 Å². The Morgan fingerprint density at radius 3 is 2.67 bits per heavy atom. The van der Waals surface area contributed by atoms with E-state index in [2.05, 4.69) is 41.6 Å². The predicted octanol–water partition coefficient (Wildman–Crippen LogP) is 3.96. The zero-order chi connectivity index (χ0) is 14.7. The molecule has 1 unspecified atom stereocenters. The van der Waals surface area contributed by atoms with Crippen molar-refractivity contribution in [2.24, 2.45) is 17.7 Å². The number of fused-ring (bicyclic) bond motifs is 1. The van der Waals surface area contributed by atoms with E-state index in [-0.39, 0.29) is 6.04 Å². The molecule has 112 valence electrons. The van der Waals surface area contributed by atoms with Crippen molar-refractivity contribution < 1.29 is 0 Å². The van der Waals surface area contributed by atoms with Gasteiger partial charge in [0, 0.05) is 11.6 Å². The number of hydrogen-bond donors (Lipinski definition) is 2. The number of nitrogens with zero attached hydrogens (tertiary/aromatic N) is 1. The quantitative estimate of drug-likeness (QED) is 0.659. The van der Waals surface area contributed by atoms with Crippen molar-refractivity contribution in [3.63, 3.8) is 0 Å². The molecule has 1 saturated carbocycles. The molecule has 1 aromatic carbocycles. The number of nitrogens with two attached hydrogens (primary N) is 1. The van der Waals surface area contributed by atoms with E-state index in [4.69, 9.17) is 5.84 Å². The van der Waals surface area contributed by atoms with Crippen molar-refractivity contribution in [3.05, 3.63) is 42.1 Å². The van der Waals surface area contributed by atoms with Gasteiger partial charge in [0.2, 0.25) is 0 Å². The molecule has 0 aliphatic heterocycles. The number of nitrogens with one attached hydrogen (secondary N) is 1. The summed E-state index contributed by atoms with van der Waals surface area (Å²) >= 11 is 0. The van der Waals surface area contributed by atoms with Crippen LogP contribution in [0.15, 0.2) is 36.5 Å². The standard InChI is InChI=1S/C18H25N3/c1-2-13-8-10-15(11-9-13)18(21-19)16-7-3-5-14-6-4-12-20-17(14)16/h3-7,12-13,15,18,21H,2,8-11,19H2,1H3. The molecule has 1 fully saturated rings. The van der Waals surface area contributed by atoms with Crippen LogP contribution in [0.2, 0.25) is 0 Å². The van der Waals surface area contributed by atoms with Gasteiger partial charge >= 0.3 is 0 Å². The molecule has 2 aromatic rings. The van der Waals surface area contributed by atoms with Crippen LogP contribution in [0.4, 0.5) is 0 Å². The fourth-order valence-electron chi connectivity index (χ4n) is 3.79. The van der Waals surface area contributed by atoms with Gasteiger partial charge in [-0.25, -0.2) is 0 Å². The van der Waals surface area contributed by atoms with Crippen LogP contribution in [-0.2, 0) is 0 Å². The maximum atomic E-state index is 5.92. The van der Waals surface area contributed by atoms with E-state index in [0.717, 1.165) is 11.4 Å². The molecule has 0 spiro atoms. The third-order valence-corrected chi connectivity index (χ3v) is 5.12. The molecule has 1 aliphatic carbocycles. The largest absolute Gasteiger partial charge is 0.271 e. The van der Waals surface area contributed by atoms with E-state index in [1.54, 1.807) is 0 Å². The highest BCUT2D eigenvalue weighted by atomic mass is 15.2. The molecule has 1 aromatic heterocycles. The number of aromatic nitrogens is 1. The van der Waals surface area contributed by atoms with Gasteiger partial charge in [0.05, 0.1) is 11.6 Å². The first kappa shape index (κ1) is 14.5. The number of pyridine rings is 1. The molecule has 1 heterocycles. The summed E-state index contributed by atoms with van der Waals surface area (Å²) in [5.74, 6) is 7.44. The molecule has 1 aliphatic rings. The van der Waals surface area contributed by atoms with Crippen molar-refractivity contribution >= 4 is 10.9 Å². The third kappa shape index (κ3) is 2.94. The van der Waals surface area contributed by atoms with Crippen molar-refractivity contribution in [2.45, 2.75) is 45.1 Å². The minimum atomic E-state index is 0.210. The lowest BCUT2D eigenvalue weighted by Crippen LogP contribution is -2.35. The molecule has 21 heavy (non-hydrogen) atoms. The second kappa shape index (κ2) is 6.54. The normalized spacial score (nSPS) is 24.1. The lowest BCUT2D eigenvalue weighted by atomic mass is 9.76. The SMILES string of the molecule is CCC1CCC(C(NN)c2cccc3cccnc23)CC1. The van der Waals surface area contributed by atoms with Crippen LogP contribution in [0.25, 0.3) is 10.9 Å². The van der Waals surface area contributed by atoms with Gasteiger partial charge in [0.25, 0.3) is 0 Å². The first-order chi connectivity index (χ1) is 10.3. The molecular weight excluding hydrogens is 258 g/mol. The molecule has 0 radical (unpaired) electrons. The van der Waals surface area contributed by atoms with Crippen molar-refractivity contribution in [2.75, 3.05) is 0 Å². The zero-order valence-electron chi connectivity index (χ0n) is 12.8. The Morgan fingerprint density at radius 2 is 1.95 bits per heavy atom. The lowest BCUT2D eigenvalue weighted by Gasteiger charge is -2.33. The van der Waals surface area contributed by atoms with E-state index < -0.39 is 0 Å². The summed E-state index contributed by atoms with van der Waals surface area (Å²) in [6, 6.07) is 10.7. The maximum Gasteiger partial charge on any atom is 0.0750 e. The molecule has 0 amide bonds. The second-order valence-corrected chi connectivity index (χ2v) is 6.26. The summed E-state index contributed by atoms with van der Waals surface area (Å²) in [7, 11) is 0. The maximum absolute atomic E-state index is 5.92. The second-order valence-electron chi connectivity index (χ2n) is 6.26. The minimum Gasteiger partial charge on any atom is -0.271 e. The molecule has 3 rings (SSSR count). The van der Waals surface area contributed by atoms with Crippen LogP contribution in [0.3, 0.4) is 0 Å². The summed E-state index contributed by atoms with van der Waals surface area (Å²) in [6.45, 7) is 2.30. The van der Waals surface area contributed by atoms with E-state index in [1.807, 2.05) is 12.3 Å². The van der Waals surface area contributed by atoms with E-state index >= 15 is 0 Å². The van der Waals surface area contributed by atoms with Crippen LogP contribution in [-0.4, -0.2) is 4.98 Å². The fraction of sp³-hybridized carbons (Fsp3) is 0.500. The fourth-order valence-corrected chi connectivity index (χ4v) is 3.79. The smallest absolute Gasteiger partial charge is 0.0750 e. The minimum absolute atomic E-state index is 0.210. The summed E-state index contributed by atoms with van der Waals surface area (Å²) in [6.07, 6.45) is 8.36. The Bertz CT molecular complexity index is 583. The van der Waals surface area contributed by atoms with Crippen LogP contribution in [0.5, 0.6) is 0 Å². The summed E-state index contributed by atoms with van der Waals surface area (Å²) in [5, 5.41) is 1.19. The zero-order valence-corrected chi connectivity index (χ0v) is 12.8. The van der Waals surface area contributed by atoms with E-state index in [0.29, 0.717) is 5.92 Å². The van der Waals surface area contributed by atoms with E-state index in [9.17, 15) is 0 Å². The Balaban J connectivity index is 1.88. The molecule has 3 nitrogen and oxygen atoms in total. The Labute approximate surface area is 126 Å². The number of hydrazine groups is 1. The van der Waals surface area contributed by atoms with Crippen LogP contribution in [0.1, 0.15) is 50.6 Å². The molecule has 3 N–H and O–H groups in total. The summed E-state index contributed by atoms with van der Waals surface area (Å²) < 4.78 is 0. The van der Waals surface area contributed by atoms with Crippen molar-refractivity contribution in [1.82, 2.24) is 10.4 Å². The molecule has 0 saturated heterocycles. The number of para-hydroxylation sites is 1. The average Bonchev–Trinajstić information content (AvgIpc) is 2.56. The third-order valence-electron chi connectivity index (χ3n) is 5.12. The van der Waals surface area contributed by atoms with Gasteiger partial charge in [-0.1, -0.05) is 50.5 Å².